The van der Waals surface area contributed by atoms with Gasteiger partial charge in [0.25, 0.3) is 0 Å². The Morgan fingerprint density at radius 2 is 2.32 bits per heavy atom. The van der Waals surface area contributed by atoms with Crippen molar-refractivity contribution in [1.29, 1.82) is 0 Å². The molecule has 1 aliphatic heterocycles. The SMILES string of the molecule is CCCNCc1occc1CN1CCOC(CC)C1. The maximum absolute atomic E-state index is 5.71. The van der Waals surface area contributed by atoms with Crippen LogP contribution in [0.15, 0.2) is 16.7 Å². The lowest BCUT2D eigenvalue weighted by molar-refractivity contribution is -0.0326. The summed E-state index contributed by atoms with van der Waals surface area (Å²) in [5, 5.41) is 3.40. The second-order valence-electron chi connectivity index (χ2n) is 5.18. The van der Waals surface area contributed by atoms with Crippen molar-refractivity contribution in [3.8, 4) is 0 Å². The number of nitrogens with one attached hydrogen (secondary N) is 1. The lowest BCUT2D eigenvalue weighted by Crippen LogP contribution is -2.41. The van der Waals surface area contributed by atoms with Crippen LogP contribution in [0.4, 0.5) is 0 Å². The Balaban J connectivity index is 1.86. The van der Waals surface area contributed by atoms with Crippen molar-refractivity contribution in [2.45, 2.75) is 45.9 Å². The van der Waals surface area contributed by atoms with Gasteiger partial charge in [0.15, 0.2) is 0 Å². The third-order valence-electron chi connectivity index (χ3n) is 3.62. The molecule has 1 aliphatic rings. The van der Waals surface area contributed by atoms with Gasteiger partial charge in [-0.15, -0.1) is 0 Å². The maximum atomic E-state index is 5.71. The van der Waals surface area contributed by atoms with Gasteiger partial charge in [-0.2, -0.15) is 0 Å². The number of hydrogen-bond donors (Lipinski definition) is 1. The van der Waals surface area contributed by atoms with E-state index in [2.05, 4.69) is 30.1 Å². The van der Waals surface area contributed by atoms with Crippen molar-refractivity contribution < 1.29 is 9.15 Å². The van der Waals surface area contributed by atoms with E-state index in [0.717, 1.165) is 57.9 Å². The zero-order chi connectivity index (χ0) is 13.5. The zero-order valence-corrected chi connectivity index (χ0v) is 12.2. The number of ether oxygens (including phenoxy) is 1. The summed E-state index contributed by atoms with van der Waals surface area (Å²) in [5.41, 5.74) is 1.31. The van der Waals surface area contributed by atoms with Gasteiger partial charge in [-0.25, -0.2) is 0 Å². The van der Waals surface area contributed by atoms with Gasteiger partial charge in [0.2, 0.25) is 0 Å². The summed E-state index contributed by atoms with van der Waals surface area (Å²) in [7, 11) is 0. The van der Waals surface area contributed by atoms with Crippen LogP contribution in [-0.4, -0.2) is 37.2 Å². The Bertz CT molecular complexity index is 365. The molecule has 19 heavy (non-hydrogen) atoms. The van der Waals surface area contributed by atoms with Crippen molar-refractivity contribution in [1.82, 2.24) is 10.2 Å². The highest BCUT2D eigenvalue weighted by molar-refractivity contribution is 5.17. The van der Waals surface area contributed by atoms with Crippen molar-refractivity contribution in [2.24, 2.45) is 0 Å². The van der Waals surface area contributed by atoms with Crippen LogP contribution >= 0.6 is 0 Å². The number of morpholine rings is 1. The van der Waals surface area contributed by atoms with Crippen molar-refractivity contribution in [2.75, 3.05) is 26.2 Å². The molecule has 1 unspecified atom stereocenters. The standard InChI is InChI=1S/C15H26N2O2/c1-3-6-16-10-15-13(5-8-19-15)11-17-7-9-18-14(4-2)12-17/h5,8,14,16H,3-4,6-7,9-12H2,1-2H3. The van der Waals surface area contributed by atoms with Gasteiger partial charge in [-0.05, 0) is 25.5 Å². The molecule has 2 heterocycles. The third-order valence-corrected chi connectivity index (χ3v) is 3.62. The molecule has 0 spiro atoms. The molecule has 1 N–H and O–H groups in total. The molecule has 1 aromatic heterocycles. The first-order valence-electron chi connectivity index (χ1n) is 7.43. The fraction of sp³-hybridized carbons (Fsp3) is 0.733. The van der Waals surface area contributed by atoms with Gasteiger partial charge < -0.3 is 14.5 Å². The van der Waals surface area contributed by atoms with Crippen LogP contribution in [0.5, 0.6) is 0 Å². The zero-order valence-electron chi connectivity index (χ0n) is 12.2. The van der Waals surface area contributed by atoms with Crippen molar-refractivity contribution >= 4 is 0 Å². The summed E-state index contributed by atoms with van der Waals surface area (Å²) in [6.07, 6.45) is 4.43. The first-order chi connectivity index (χ1) is 9.33. The summed E-state index contributed by atoms with van der Waals surface area (Å²) in [5.74, 6) is 1.08. The Morgan fingerprint density at radius 3 is 3.11 bits per heavy atom. The van der Waals surface area contributed by atoms with E-state index in [4.69, 9.17) is 9.15 Å². The summed E-state index contributed by atoms with van der Waals surface area (Å²) in [6, 6.07) is 2.10. The van der Waals surface area contributed by atoms with E-state index in [0.29, 0.717) is 6.10 Å². The number of hydrogen-bond acceptors (Lipinski definition) is 4. The Labute approximate surface area is 116 Å². The average molecular weight is 266 g/mol. The second kappa shape index (κ2) is 7.68. The molecule has 0 radical (unpaired) electrons. The van der Waals surface area contributed by atoms with Gasteiger partial charge in [0.1, 0.15) is 5.76 Å². The maximum Gasteiger partial charge on any atom is 0.122 e. The molecule has 1 fully saturated rings. The van der Waals surface area contributed by atoms with Crippen LogP contribution < -0.4 is 5.32 Å². The minimum absolute atomic E-state index is 0.391. The molecule has 0 bridgehead atoms. The van der Waals surface area contributed by atoms with Crippen LogP contribution in [0.3, 0.4) is 0 Å². The predicted molar refractivity (Wildman–Crippen MR) is 76.0 cm³/mol. The molecular weight excluding hydrogens is 240 g/mol. The quantitative estimate of drug-likeness (QED) is 0.769. The average Bonchev–Trinajstić information content (AvgIpc) is 2.87. The fourth-order valence-electron chi connectivity index (χ4n) is 2.45. The largest absolute Gasteiger partial charge is 0.468 e. The number of nitrogens with zero attached hydrogens (tertiary/aromatic N) is 1. The second-order valence-corrected chi connectivity index (χ2v) is 5.18. The molecule has 0 aromatic carbocycles. The van der Waals surface area contributed by atoms with E-state index in [1.165, 1.54) is 5.56 Å². The third kappa shape index (κ3) is 4.34. The van der Waals surface area contributed by atoms with Crippen LogP contribution in [0, 0.1) is 0 Å². The molecule has 1 saturated heterocycles. The molecule has 0 aliphatic carbocycles. The van der Waals surface area contributed by atoms with Gasteiger partial charge in [0.05, 0.1) is 25.5 Å². The molecule has 108 valence electrons. The van der Waals surface area contributed by atoms with E-state index in [1.807, 2.05) is 0 Å². The smallest absolute Gasteiger partial charge is 0.122 e. The van der Waals surface area contributed by atoms with Crippen LogP contribution in [-0.2, 0) is 17.8 Å². The fourth-order valence-corrected chi connectivity index (χ4v) is 2.45. The van der Waals surface area contributed by atoms with E-state index in [9.17, 15) is 0 Å². The molecule has 4 nitrogen and oxygen atoms in total. The highest BCUT2D eigenvalue weighted by atomic mass is 16.5. The summed E-state index contributed by atoms with van der Waals surface area (Å²) >= 11 is 0. The van der Waals surface area contributed by atoms with Crippen LogP contribution in [0.1, 0.15) is 38.0 Å². The van der Waals surface area contributed by atoms with Crippen LogP contribution in [0.25, 0.3) is 0 Å². The summed E-state index contributed by atoms with van der Waals surface area (Å²) in [6.45, 7) is 10.1. The monoisotopic (exact) mass is 266 g/mol. The van der Waals surface area contributed by atoms with E-state index >= 15 is 0 Å². The molecule has 0 amide bonds. The highest BCUT2D eigenvalue weighted by Gasteiger charge is 2.20. The van der Waals surface area contributed by atoms with E-state index in [-0.39, 0.29) is 0 Å². The topological polar surface area (TPSA) is 37.6 Å². The van der Waals surface area contributed by atoms with Crippen molar-refractivity contribution in [3.05, 3.63) is 23.7 Å². The number of rotatable bonds is 7. The van der Waals surface area contributed by atoms with Crippen LogP contribution in [0.2, 0.25) is 0 Å². The molecule has 4 heteroatoms. The minimum atomic E-state index is 0.391. The summed E-state index contributed by atoms with van der Waals surface area (Å²) < 4.78 is 11.3. The molecule has 1 atom stereocenters. The predicted octanol–water partition coefficient (Wildman–Crippen LogP) is 2.39. The lowest BCUT2D eigenvalue weighted by atomic mass is 10.2. The summed E-state index contributed by atoms with van der Waals surface area (Å²) in [4.78, 5) is 2.46. The normalized spacial score (nSPS) is 20.8. The molecular formula is C15H26N2O2. The Hall–Kier alpha value is -0.840. The first-order valence-corrected chi connectivity index (χ1v) is 7.43. The lowest BCUT2D eigenvalue weighted by Gasteiger charge is -2.32. The molecule has 2 rings (SSSR count). The van der Waals surface area contributed by atoms with Gasteiger partial charge in [-0.3, -0.25) is 4.90 Å². The Kier molecular flexibility index (Phi) is 5.89. The molecule has 0 saturated carbocycles. The Morgan fingerprint density at radius 1 is 1.42 bits per heavy atom. The van der Waals surface area contributed by atoms with E-state index in [1.54, 1.807) is 6.26 Å². The highest BCUT2D eigenvalue weighted by Crippen LogP contribution is 2.16. The minimum Gasteiger partial charge on any atom is -0.468 e. The van der Waals surface area contributed by atoms with Crippen molar-refractivity contribution in [3.63, 3.8) is 0 Å². The molecule has 1 aromatic rings. The van der Waals surface area contributed by atoms with Gasteiger partial charge in [-0.1, -0.05) is 13.8 Å². The van der Waals surface area contributed by atoms with E-state index < -0.39 is 0 Å². The first kappa shape index (κ1) is 14.6. The van der Waals surface area contributed by atoms with Gasteiger partial charge in [0, 0.05) is 25.2 Å². The van der Waals surface area contributed by atoms with Gasteiger partial charge >= 0.3 is 0 Å². The number of furan rings is 1.